The maximum absolute atomic E-state index is 11.2. The van der Waals surface area contributed by atoms with Gasteiger partial charge in [-0.1, -0.05) is 5.11 Å². The van der Waals surface area contributed by atoms with E-state index in [1.54, 1.807) is 20.8 Å². The molecular weight excluding hydrogens is 222 g/mol. The SMILES string of the molecule is CC(C)(C)OC(=O)C[C@H](N=[N+]=[N-])C(=O)Cl. The van der Waals surface area contributed by atoms with E-state index in [0.29, 0.717) is 0 Å². The Bertz CT molecular complexity index is 303. The minimum absolute atomic E-state index is 0.344. The van der Waals surface area contributed by atoms with Crippen molar-refractivity contribution in [2.24, 2.45) is 5.11 Å². The lowest BCUT2D eigenvalue weighted by molar-refractivity contribution is -0.155. The average molecular weight is 234 g/mol. The van der Waals surface area contributed by atoms with E-state index < -0.39 is 22.9 Å². The van der Waals surface area contributed by atoms with Crippen LogP contribution in [-0.2, 0) is 14.3 Å². The summed E-state index contributed by atoms with van der Waals surface area (Å²) in [6.07, 6.45) is -0.344. The fourth-order valence-corrected chi connectivity index (χ4v) is 0.891. The summed E-state index contributed by atoms with van der Waals surface area (Å²) >= 11 is 5.13. The summed E-state index contributed by atoms with van der Waals surface area (Å²) in [5.41, 5.74) is 7.48. The molecule has 0 saturated heterocycles. The first-order chi connectivity index (χ1) is 6.76. The van der Waals surface area contributed by atoms with Crippen molar-refractivity contribution >= 4 is 22.8 Å². The maximum Gasteiger partial charge on any atom is 0.307 e. The van der Waals surface area contributed by atoms with Gasteiger partial charge in [-0.25, -0.2) is 0 Å². The van der Waals surface area contributed by atoms with Crippen LogP contribution in [0.3, 0.4) is 0 Å². The Kier molecular flexibility index (Phi) is 5.11. The summed E-state index contributed by atoms with van der Waals surface area (Å²) in [7, 11) is 0. The van der Waals surface area contributed by atoms with Gasteiger partial charge in [0.2, 0.25) is 5.24 Å². The van der Waals surface area contributed by atoms with Crippen LogP contribution in [0.2, 0.25) is 0 Å². The van der Waals surface area contributed by atoms with E-state index in [2.05, 4.69) is 10.0 Å². The molecule has 0 N–H and O–H groups in total. The van der Waals surface area contributed by atoms with E-state index in [0.717, 1.165) is 0 Å². The quantitative estimate of drug-likeness (QED) is 0.245. The fraction of sp³-hybridized carbons (Fsp3) is 0.750. The van der Waals surface area contributed by atoms with Crippen LogP contribution in [0.1, 0.15) is 27.2 Å². The van der Waals surface area contributed by atoms with Crippen LogP contribution in [-0.4, -0.2) is 22.9 Å². The molecule has 0 aromatic rings. The Labute approximate surface area is 92.2 Å². The zero-order chi connectivity index (χ0) is 12.1. The first-order valence-electron chi connectivity index (χ1n) is 4.21. The molecule has 7 heteroatoms. The van der Waals surface area contributed by atoms with Gasteiger partial charge in [0.15, 0.2) is 0 Å². The van der Waals surface area contributed by atoms with Gasteiger partial charge in [0, 0.05) is 4.91 Å². The van der Waals surface area contributed by atoms with E-state index in [1.165, 1.54) is 0 Å². The van der Waals surface area contributed by atoms with E-state index >= 15 is 0 Å². The number of hydrogen-bond donors (Lipinski definition) is 0. The van der Waals surface area contributed by atoms with E-state index in [-0.39, 0.29) is 6.42 Å². The average Bonchev–Trinajstić information content (AvgIpc) is 1.99. The predicted octanol–water partition coefficient (Wildman–Crippen LogP) is 2.16. The number of azide groups is 1. The first kappa shape index (κ1) is 13.7. The summed E-state index contributed by atoms with van der Waals surface area (Å²) in [6.45, 7) is 5.07. The molecule has 0 aliphatic heterocycles. The monoisotopic (exact) mass is 233 g/mol. The highest BCUT2D eigenvalue weighted by molar-refractivity contribution is 6.64. The van der Waals surface area contributed by atoms with Crippen LogP contribution >= 0.6 is 11.6 Å². The largest absolute Gasteiger partial charge is 0.460 e. The molecule has 6 nitrogen and oxygen atoms in total. The lowest BCUT2D eigenvalue weighted by atomic mass is 10.2. The Balaban J connectivity index is 4.37. The minimum Gasteiger partial charge on any atom is -0.460 e. The summed E-state index contributed by atoms with van der Waals surface area (Å²) in [5.74, 6) is -0.631. The van der Waals surface area contributed by atoms with Gasteiger partial charge in [0.25, 0.3) is 0 Å². The van der Waals surface area contributed by atoms with Crippen LogP contribution in [0.15, 0.2) is 5.11 Å². The lowest BCUT2D eigenvalue weighted by Gasteiger charge is -2.20. The zero-order valence-electron chi connectivity index (χ0n) is 8.73. The van der Waals surface area contributed by atoms with Gasteiger partial charge in [-0.3, -0.25) is 9.59 Å². The molecule has 0 heterocycles. The first-order valence-corrected chi connectivity index (χ1v) is 4.59. The van der Waals surface area contributed by atoms with Crippen molar-refractivity contribution < 1.29 is 14.3 Å². The van der Waals surface area contributed by atoms with Gasteiger partial charge < -0.3 is 4.74 Å². The lowest BCUT2D eigenvalue weighted by Crippen LogP contribution is -2.27. The molecule has 1 atom stereocenters. The minimum atomic E-state index is -1.20. The van der Waals surface area contributed by atoms with Gasteiger partial charge in [-0.15, -0.1) is 0 Å². The molecule has 0 aromatic heterocycles. The van der Waals surface area contributed by atoms with Gasteiger partial charge in [-0.2, -0.15) is 0 Å². The van der Waals surface area contributed by atoms with E-state index in [9.17, 15) is 9.59 Å². The van der Waals surface area contributed by atoms with Crippen LogP contribution < -0.4 is 0 Å². The standard InChI is InChI=1S/C8H12ClN3O3/c1-8(2,3)15-6(13)4-5(7(9)14)11-12-10/h5H,4H2,1-3H3/t5-/m0/s1. The topological polar surface area (TPSA) is 92.1 Å². The normalized spacial score (nSPS) is 12.5. The summed E-state index contributed by atoms with van der Waals surface area (Å²) in [5, 5.41) is 2.22. The second kappa shape index (κ2) is 5.58. The second-order valence-electron chi connectivity index (χ2n) is 3.82. The molecule has 84 valence electrons. The summed E-state index contributed by atoms with van der Waals surface area (Å²) in [4.78, 5) is 24.4. The molecule has 0 aromatic carbocycles. The maximum atomic E-state index is 11.2. The highest BCUT2D eigenvalue weighted by Gasteiger charge is 2.23. The van der Waals surface area contributed by atoms with Crippen molar-refractivity contribution in [2.45, 2.75) is 38.8 Å². The third kappa shape index (κ3) is 6.76. The van der Waals surface area contributed by atoms with Crippen LogP contribution in [0.25, 0.3) is 10.4 Å². The molecule has 0 aliphatic rings. The number of esters is 1. The number of nitrogens with zero attached hydrogens (tertiary/aromatic N) is 3. The number of ether oxygens (including phenoxy) is 1. The fourth-order valence-electron chi connectivity index (χ4n) is 0.770. The van der Waals surface area contributed by atoms with E-state index in [1.807, 2.05) is 0 Å². The number of carbonyl (C=O) groups excluding carboxylic acids is 2. The smallest absolute Gasteiger partial charge is 0.307 e. The molecular formula is C8H12ClN3O3. The molecule has 0 rings (SSSR count). The molecule has 0 fully saturated rings. The molecule has 15 heavy (non-hydrogen) atoms. The molecule has 0 saturated carbocycles. The van der Waals surface area contributed by atoms with Crippen LogP contribution in [0.4, 0.5) is 0 Å². The zero-order valence-corrected chi connectivity index (χ0v) is 9.48. The Morgan fingerprint density at radius 1 is 1.53 bits per heavy atom. The molecule has 0 bridgehead atoms. The van der Waals surface area contributed by atoms with Gasteiger partial charge in [0.05, 0.1) is 6.42 Å². The molecule has 0 radical (unpaired) electrons. The summed E-state index contributed by atoms with van der Waals surface area (Å²) in [6, 6.07) is -1.20. The predicted molar refractivity (Wildman–Crippen MR) is 54.3 cm³/mol. The van der Waals surface area contributed by atoms with Crippen molar-refractivity contribution in [3.05, 3.63) is 10.4 Å². The Morgan fingerprint density at radius 3 is 2.40 bits per heavy atom. The summed E-state index contributed by atoms with van der Waals surface area (Å²) < 4.78 is 4.93. The van der Waals surface area contributed by atoms with Gasteiger partial charge >= 0.3 is 5.97 Å². The van der Waals surface area contributed by atoms with Crippen molar-refractivity contribution in [3.8, 4) is 0 Å². The number of rotatable bonds is 4. The second-order valence-corrected chi connectivity index (χ2v) is 4.19. The highest BCUT2D eigenvalue weighted by atomic mass is 35.5. The van der Waals surface area contributed by atoms with Gasteiger partial charge in [0.1, 0.15) is 11.6 Å². The van der Waals surface area contributed by atoms with Crippen LogP contribution in [0.5, 0.6) is 0 Å². The van der Waals surface area contributed by atoms with Crippen molar-refractivity contribution in [2.75, 3.05) is 0 Å². The Morgan fingerprint density at radius 2 is 2.07 bits per heavy atom. The number of halogens is 1. The van der Waals surface area contributed by atoms with Crippen molar-refractivity contribution in [1.82, 2.24) is 0 Å². The molecule has 0 amide bonds. The Hall–Kier alpha value is -1.26. The third-order valence-electron chi connectivity index (χ3n) is 1.23. The number of carbonyl (C=O) groups is 2. The van der Waals surface area contributed by atoms with Gasteiger partial charge in [-0.05, 0) is 37.9 Å². The highest BCUT2D eigenvalue weighted by Crippen LogP contribution is 2.11. The van der Waals surface area contributed by atoms with Crippen molar-refractivity contribution in [3.63, 3.8) is 0 Å². The molecule has 0 spiro atoms. The van der Waals surface area contributed by atoms with E-state index in [4.69, 9.17) is 21.9 Å². The molecule has 0 unspecified atom stereocenters. The van der Waals surface area contributed by atoms with Crippen molar-refractivity contribution in [1.29, 1.82) is 0 Å². The number of hydrogen-bond acceptors (Lipinski definition) is 4. The van der Waals surface area contributed by atoms with Crippen LogP contribution in [0, 0.1) is 0 Å². The molecule has 0 aliphatic carbocycles. The third-order valence-corrected chi connectivity index (χ3v) is 1.48.